The van der Waals surface area contributed by atoms with Gasteiger partial charge in [-0.1, -0.05) is 11.6 Å². The van der Waals surface area contributed by atoms with Crippen molar-refractivity contribution < 1.29 is 4.79 Å². The molecule has 0 bridgehead atoms. The summed E-state index contributed by atoms with van der Waals surface area (Å²) < 4.78 is 0. The number of rotatable bonds is 1. The minimum atomic E-state index is -0.424. The lowest BCUT2D eigenvalue weighted by Crippen LogP contribution is -2.37. The fraction of sp³-hybridized carbons (Fsp3) is 0.375. The molecule has 1 atom stereocenters. The van der Waals surface area contributed by atoms with E-state index in [1.165, 1.54) is 4.88 Å². The van der Waals surface area contributed by atoms with Crippen LogP contribution in [0.4, 0.5) is 0 Å². The molecule has 2 aromatic rings. The minimum absolute atomic E-state index is 0.183. The van der Waals surface area contributed by atoms with E-state index in [1.807, 2.05) is 6.92 Å². The molecule has 2 heterocycles. The van der Waals surface area contributed by atoms with Crippen molar-refractivity contribution in [3.8, 4) is 0 Å². The summed E-state index contributed by atoms with van der Waals surface area (Å²) in [7, 11) is 0. The minimum Gasteiger partial charge on any atom is -0.293 e. The van der Waals surface area contributed by atoms with Gasteiger partial charge in [-0.3, -0.25) is 4.79 Å². The molecule has 0 fully saturated rings. The molecule has 2 nitrogen and oxygen atoms in total. The van der Waals surface area contributed by atoms with E-state index < -0.39 is 5.41 Å². The van der Waals surface area contributed by atoms with Gasteiger partial charge in [-0.25, -0.2) is 4.98 Å². The van der Waals surface area contributed by atoms with Crippen molar-refractivity contribution in [1.82, 2.24) is 4.98 Å². The zero-order valence-corrected chi connectivity index (χ0v) is 13.4. The standard InChI is InChI=1S/C16H16ClNOS/c1-9-8-13(17)18-11-6-7-16(3,15(19)14(9)11)12-5-4-10(2)20-12/h4-5,8H,6-7H2,1-3H3. The number of hydrogen-bond acceptors (Lipinski definition) is 3. The van der Waals surface area contributed by atoms with Crippen LogP contribution in [-0.2, 0) is 11.8 Å². The number of Topliss-reactive ketones (excluding diaryl/α,β-unsaturated/α-hetero) is 1. The first-order valence-corrected chi connectivity index (χ1v) is 7.89. The van der Waals surface area contributed by atoms with E-state index >= 15 is 0 Å². The molecule has 0 aromatic carbocycles. The molecule has 3 rings (SSSR count). The summed E-state index contributed by atoms with van der Waals surface area (Å²) >= 11 is 7.71. The van der Waals surface area contributed by atoms with Crippen LogP contribution in [0.25, 0.3) is 0 Å². The van der Waals surface area contributed by atoms with Gasteiger partial charge in [-0.15, -0.1) is 11.3 Å². The second-order valence-corrected chi connectivity index (χ2v) is 7.33. The quantitative estimate of drug-likeness (QED) is 0.726. The highest BCUT2D eigenvalue weighted by molar-refractivity contribution is 7.12. The fourth-order valence-corrected chi connectivity index (χ4v) is 4.22. The zero-order valence-electron chi connectivity index (χ0n) is 11.8. The van der Waals surface area contributed by atoms with Crippen LogP contribution in [0.15, 0.2) is 18.2 Å². The van der Waals surface area contributed by atoms with Crippen LogP contribution in [0, 0.1) is 13.8 Å². The van der Waals surface area contributed by atoms with Gasteiger partial charge >= 0.3 is 0 Å². The molecule has 4 heteroatoms. The largest absolute Gasteiger partial charge is 0.293 e. The number of thiophene rings is 1. The Hall–Kier alpha value is -1.19. The van der Waals surface area contributed by atoms with Crippen LogP contribution >= 0.6 is 22.9 Å². The second kappa shape index (κ2) is 4.68. The predicted molar refractivity (Wildman–Crippen MR) is 83.0 cm³/mol. The Bertz CT molecular complexity index is 706. The zero-order chi connectivity index (χ0) is 14.5. The number of carbonyl (C=O) groups is 1. The van der Waals surface area contributed by atoms with Crippen molar-refractivity contribution in [3.05, 3.63) is 49.9 Å². The first-order chi connectivity index (χ1) is 9.41. The number of aromatic nitrogens is 1. The smallest absolute Gasteiger partial charge is 0.176 e. The van der Waals surface area contributed by atoms with Crippen molar-refractivity contribution in [2.75, 3.05) is 0 Å². The van der Waals surface area contributed by atoms with Crippen LogP contribution in [0.2, 0.25) is 5.15 Å². The molecule has 0 radical (unpaired) electrons. The van der Waals surface area contributed by atoms with Gasteiger partial charge < -0.3 is 0 Å². The Morgan fingerprint density at radius 1 is 1.35 bits per heavy atom. The number of carbonyl (C=O) groups excluding carboxylic acids is 1. The number of fused-ring (bicyclic) bond motifs is 1. The third-order valence-corrected chi connectivity index (χ3v) is 5.59. The summed E-state index contributed by atoms with van der Waals surface area (Å²) in [6, 6.07) is 5.95. The Labute approximate surface area is 127 Å². The van der Waals surface area contributed by atoms with Crippen LogP contribution in [-0.4, -0.2) is 10.8 Å². The maximum atomic E-state index is 13.0. The maximum Gasteiger partial charge on any atom is 0.176 e. The molecule has 1 unspecified atom stereocenters. The molecular formula is C16H16ClNOS. The highest BCUT2D eigenvalue weighted by atomic mass is 35.5. The van der Waals surface area contributed by atoms with Crippen LogP contribution in [0.1, 0.15) is 44.7 Å². The van der Waals surface area contributed by atoms with E-state index in [9.17, 15) is 4.79 Å². The molecule has 0 amide bonds. The maximum absolute atomic E-state index is 13.0. The number of aryl methyl sites for hydroxylation is 3. The van der Waals surface area contributed by atoms with Crippen molar-refractivity contribution in [1.29, 1.82) is 0 Å². The van der Waals surface area contributed by atoms with Gasteiger partial charge in [0.1, 0.15) is 5.15 Å². The van der Waals surface area contributed by atoms with E-state index in [-0.39, 0.29) is 5.78 Å². The lowest BCUT2D eigenvalue weighted by Gasteiger charge is -2.32. The van der Waals surface area contributed by atoms with Crippen molar-refractivity contribution in [2.45, 2.75) is 39.0 Å². The molecule has 20 heavy (non-hydrogen) atoms. The van der Waals surface area contributed by atoms with Gasteiger partial charge in [0.2, 0.25) is 0 Å². The van der Waals surface area contributed by atoms with Crippen molar-refractivity contribution in [2.24, 2.45) is 0 Å². The fourth-order valence-electron chi connectivity index (χ4n) is 2.91. The third kappa shape index (κ3) is 2.00. The first kappa shape index (κ1) is 13.8. The average molecular weight is 306 g/mol. The van der Waals surface area contributed by atoms with Crippen LogP contribution in [0.3, 0.4) is 0 Å². The summed E-state index contributed by atoms with van der Waals surface area (Å²) in [4.78, 5) is 19.7. The normalized spacial score (nSPS) is 21.9. The van der Waals surface area contributed by atoms with Crippen LogP contribution < -0.4 is 0 Å². The summed E-state index contributed by atoms with van der Waals surface area (Å²) in [5, 5.41) is 0.477. The topological polar surface area (TPSA) is 30.0 Å². The second-order valence-electron chi connectivity index (χ2n) is 5.66. The number of halogens is 1. The van der Waals surface area contributed by atoms with E-state index in [2.05, 4.69) is 31.0 Å². The van der Waals surface area contributed by atoms with Gasteiger partial charge in [0, 0.05) is 15.3 Å². The number of hydrogen-bond donors (Lipinski definition) is 0. The van der Waals surface area contributed by atoms with Crippen LogP contribution in [0.5, 0.6) is 0 Å². The lowest BCUT2D eigenvalue weighted by molar-refractivity contribution is 0.0876. The highest BCUT2D eigenvalue weighted by Crippen LogP contribution is 2.41. The monoisotopic (exact) mass is 305 g/mol. The van der Waals surface area contributed by atoms with Crippen molar-refractivity contribution in [3.63, 3.8) is 0 Å². The molecule has 0 spiro atoms. The molecule has 2 aromatic heterocycles. The number of nitrogens with zero attached hydrogens (tertiary/aromatic N) is 1. The molecule has 1 aliphatic rings. The van der Waals surface area contributed by atoms with Gasteiger partial charge in [0.25, 0.3) is 0 Å². The Morgan fingerprint density at radius 3 is 2.75 bits per heavy atom. The molecule has 104 valence electrons. The number of pyridine rings is 1. The summed E-state index contributed by atoms with van der Waals surface area (Å²) in [6.45, 7) is 6.07. The van der Waals surface area contributed by atoms with Gasteiger partial charge in [-0.2, -0.15) is 0 Å². The molecular weight excluding hydrogens is 290 g/mol. The molecule has 0 saturated heterocycles. The van der Waals surface area contributed by atoms with E-state index in [0.29, 0.717) is 5.15 Å². The van der Waals surface area contributed by atoms with E-state index in [0.717, 1.165) is 34.5 Å². The third-order valence-electron chi connectivity index (χ3n) is 4.13. The van der Waals surface area contributed by atoms with Gasteiger partial charge in [0.05, 0.1) is 11.1 Å². The summed E-state index contributed by atoms with van der Waals surface area (Å²) in [5.74, 6) is 0.183. The van der Waals surface area contributed by atoms with E-state index in [1.54, 1.807) is 17.4 Å². The number of ketones is 1. The van der Waals surface area contributed by atoms with E-state index in [4.69, 9.17) is 11.6 Å². The Morgan fingerprint density at radius 2 is 2.10 bits per heavy atom. The molecule has 1 aliphatic carbocycles. The average Bonchev–Trinajstić information content (AvgIpc) is 2.81. The summed E-state index contributed by atoms with van der Waals surface area (Å²) in [6.07, 6.45) is 1.60. The lowest BCUT2D eigenvalue weighted by atomic mass is 9.71. The first-order valence-electron chi connectivity index (χ1n) is 6.69. The van der Waals surface area contributed by atoms with Gasteiger partial charge in [-0.05, 0) is 57.4 Å². The molecule has 0 aliphatic heterocycles. The molecule has 0 saturated carbocycles. The van der Waals surface area contributed by atoms with Gasteiger partial charge in [0.15, 0.2) is 5.78 Å². The Balaban J connectivity index is 2.13. The SMILES string of the molecule is Cc1ccc(C2(C)CCc3nc(Cl)cc(C)c3C2=O)s1. The molecule has 0 N–H and O–H groups in total. The summed E-state index contributed by atoms with van der Waals surface area (Å²) in [5.41, 5.74) is 2.13. The van der Waals surface area contributed by atoms with Crippen molar-refractivity contribution >= 4 is 28.7 Å². The Kier molecular flexibility index (Phi) is 3.22. The predicted octanol–water partition coefficient (Wildman–Crippen LogP) is 4.50. The highest BCUT2D eigenvalue weighted by Gasteiger charge is 2.42.